The summed E-state index contributed by atoms with van der Waals surface area (Å²) in [5.41, 5.74) is 0. The lowest BCUT2D eigenvalue weighted by Gasteiger charge is -2.25. The Kier molecular flexibility index (Phi) is 4.67. The number of rotatable bonds is 4. The first-order chi connectivity index (χ1) is 8.61. The van der Waals surface area contributed by atoms with Crippen LogP contribution < -0.4 is 4.74 Å². The molecule has 1 aromatic heterocycles. The summed E-state index contributed by atoms with van der Waals surface area (Å²) < 4.78 is 5.13. The highest BCUT2D eigenvalue weighted by molar-refractivity contribution is 9.09. The second-order valence-electron chi connectivity index (χ2n) is 4.66. The third-order valence-electron chi connectivity index (χ3n) is 3.26. The van der Waals surface area contributed by atoms with E-state index in [0.717, 1.165) is 36.4 Å². The maximum atomic E-state index is 12.4. The molecule has 2 heterocycles. The zero-order valence-electron chi connectivity index (χ0n) is 10.7. The second-order valence-corrected chi connectivity index (χ2v) is 7.14. The van der Waals surface area contributed by atoms with Gasteiger partial charge in [-0.3, -0.25) is 4.79 Å². The van der Waals surface area contributed by atoms with Crippen LogP contribution in [0, 0.1) is 0 Å². The van der Waals surface area contributed by atoms with Crippen LogP contribution in [-0.2, 0) is 0 Å². The molecule has 2 unspecified atom stereocenters. The minimum absolute atomic E-state index is 0.152. The van der Waals surface area contributed by atoms with Crippen LogP contribution in [0.2, 0.25) is 0 Å². The predicted molar refractivity (Wildman–Crippen MR) is 77.9 cm³/mol. The van der Waals surface area contributed by atoms with Crippen LogP contribution in [0.25, 0.3) is 0 Å². The zero-order chi connectivity index (χ0) is 13.1. The molecular weight excluding hydrogens is 314 g/mol. The first kappa shape index (κ1) is 13.9. The van der Waals surface area contributed by atoms with Gasteiger partial charge in [0, 0.05) is 28.9 Å². The molecule has 1 aliphatic rings. The number of carbonyl (C=O) groups is 1. The molecule has 1 amide bonds. The van der Waals surface area contributed by atoms with Crippen molar-refractivity contribution in [3.63, 3.8) is 0 Å². The van der Waals surface area contributed by atoms with Crippen LogP contribution in [0.5, 0.6) is 5.75 Å². The van der Waals surface area contributed by atoms with Gasteiger partial charge in [0.2, 0.25) is 0 Å². The average Bonchev–Trinajstić information content (AvgIpc) is 2.95. The van der Waals surface area contributed by atoms with Gasteiger partial charge < -0.3 is 9.64 Å². The molecule has 0 bridgehead atoms. The number of amides is 1. The van der Waals surface area contributed by atoms with Gasteiger partial charge in [-0.2, -0.15) is 0 Å². The SMILES string of the molecule is COc1csc(C(=O)N2CCCC2CC(C)Br)c1. The Hall–Kier alpha value is -0.550. The number of hydrogen-bond acceptors (Lipinski definition) is 3. The largest absolute Gasteiger partial charge is 0.496 e. The molecule has 0 aromatic carbocycles. The lowest BCUT2D eigenvalue weighted by Crippen LogP contribution is -2.36. The number of likely N-dealkylation sites (tertiary alicyclic amines) is 1. The van der Waals surface area contributed by atoms with E-state index in [4.69, 9.17) is 4.74 Å². The smallest absolute Gasteiger partial charge is 0.264 e. The monoisotopic (exact) mass is 331 g/mol. The van der Waals surface area contributed by atoms with Crippen LogP contribution in [0.15, 0.2) is 11.4 Å². The van der Waals surface area contributed by atoms with Gasteiger partial charge in [-0.25, -0.2) is 0 Å². The van der Waals surface area contributed by atoms with Gasteiger partial charge in [-0.05, 0) is 19.3 Å². The summed E-state index contributed by atoms with van der Waals surface area (Å²) in [6.45, 7) is 3.01. The number of ether oxygens (including phenoxy) is 1. The first-order valence-electron chi connectivity index (χ1n) is 6.19. The van der Waals surface area contributed by atoms with Crippen molar-refractivity contribution in [2.45, 2.75) is 37.1 Å². The maximum Gasteiger partial charge on any atom is 0.264 e. The fourth-order valence-electron chi connectivity index (χ4n) is 2.40. The molecule has 0 N–H and O–H groups in total. The summed E-state index contributed by atoms with van der Waals surface area (Å²) in [6.07, 6.45) is 3.25. The fourth-order valence-corrected chi connectivity index (χ4v) is 3.64. The molecule has 18 heavy (non-hydrogen) atoms. The van der Waals surface area contributed by atoms with Crippen molar-refractivity contribution in [3.05, 3.63) is 16.3 Å². The van der Waals surface area contributed by atoms with E-state index in [1.54, 1.807) is 7.11 Å². The van der Waals surface area contributed by atoms with E-state index in [0.29, 0.717) is 10.9 Å². The van der Waals surface area contributed by atoms with Gasteiger partial charge in [0.15, 0.2) is 0 Å². The summed E-state index contributed by atoms with van der Waals surface area (Å²) in [7, 11) is 1.63. The molecule has 0 spiro atoms. The third-order valence-corrected chi connectivity index (χ3v) is 4.53. The standard InChI is InChI=1S/C13H18BrNO2S/c1-9(14)6-10-4-3-5-15(10)13(16)12-7-11(17-2)8-18-12/h7-10H,3-6H2,1-2H3. The predicted octanol–water partition coefficient (Wildman–Crippen LogP) is 3.53. The summed E-state index contributed by atoms with van der Waals surface area (Å²) in [5.74, 6) is 0.923. The molecule has 0 saturated carbocycles. The molecule has 2 atom stereocenters. The van der Waals surface area contributed by atoms with Crippen LogP contribution in [0.1, 0.15) is 35.9 Å². The molecule has 1 saturated heterocycles. The number of carbonyl (C=O) groups excluding carboxylic acids is 1. The van der Waals surface area contributed by atoms with E-state index in [1.807, 2.05) is 16.3 Å². The molecule has 3 nitrogen and oxygen atoms in total. The van der Waals surface area contributed by atoms with E-state index in [9.17, 15) is 4.79 Å². The van der Waals surface area contributed by atoms with Crippen molar-refractivity contribution in [2.24, 2.45) is 0 Å². The van der Waals surface area contributed by atoms with Gasteiger partial charge in [-0.1, -0.05) is 22.9 Å². The molecule has 100 valence electrons. The Morgan fingerprint density at radius 3 is 3.11 bits per heavy atom. The van der Waals surface area contributed by atoms with Gasteiger partial charge in [-0.15, -0.1) is 11.3 Å². The molecule has 5 heteroatoms. The highest BCUT2D eigenvalue weighted by Crippen LogP contribution is 2.28. The highest BCUT2D eigenvalue weighted by Gasteiger charge is 2.30. The van der Waals surface area contributed by atoms with E-state index in [2.05, 4.69) is 22.9 Å². The third kappa shape index (κ3) is 3.06. The van der Waals surface area contributed by atoms with Crippen molar-refractivity contribution in [1.29, 1.82) is 0 Å². The van der Waals surface area contributed by atoms with E-state index in [-0.39, 0.29) is 5.91 Å². The van der Waals surface area contributed by atoms with Crippen molar-refractivity contribution in [3.8, 4) is 5.75 Å². The van der Waals surface area contributed by atoms with E-state index >= 15 is 0 Å². The lowest BCUT2D eigenvalue weighted by molar-refractivity contribution is 0.0736. The summed E-state index contributed by atoms with van der Waals surface area (Å²) in [4.78, 5) is 15.7. The van der Waals surface area contributed by atoms with Crippen LogP contribution in [0.4, 0.5) is 0 Å². The maximum absolute atomic E-state index is 12.4. The molecule has 0 aliphatic carbocycles. The molecule has 1 aromatic rings. The molecule has 2 rings (SSSR count). The number of alkyl halides is 1. The van der Waals surface area contributed by atoms with Gasteiger partial charge in [0.25, 0.3) is 5.91 Å². The lowest BCUT2D eigenvalue weighted by atomic mass is 10.1. The minimum Gasteiger partial charge on any atom is -0.496 e. The number of thiophene rings is 1. The van der Waals surface area contributed by atoms with Gasteiger partial charge in [0.05, 0.1) is 12.0 Å². The second kappa shape index (κ2) is 6.06. The van der Waals surface area contributed by atoms with Crippen molar-refractivity contribution >= 4 is 33.2 Å². The Balaban J connectivity index is 2.07. The average molecular weight is 332 g/mol. The number of methoxy groups -OCH3 is 1. The number of hydrogen-bond donors (Lipinski definition) is 0. The number of halogens is 1. The molecular formula is C13H18BrNO2S. The van der Waals surface area contributed by atoms with E-state index in [1.165, 1.54) is 11.3 Å². The summed E-state index contributed by atoms with van der Waals surface area (Å²) in [5, 5.41) is 1.88. The van der Waals surface area contributed by atoms with Crippen molar-refractivity contribution in [2.75, 3.05) is 13.7 Å². The highest BCUT2D eigenvalue weighted by atomic mass is 79.9. The summed E-state index contributed by atoms with van der Waals surface area (Å²) in [6, 6.07) is 2.21. The molecule has 0 radical (unpaired) electrons. The molecule has 1 aliphatic heterocycles. The van der Waals surface area contributed by atoms with Gasteiger partial charge in [0.1, 0.15) is 5.75 Å². The Labute approximate surface area is 120 Å². The summed E-state index contributed by atoms with van der Waals surface area (Å²) >= 11 is 5.04. The van der Waals surface area contributed by atoms with E-state index < -0.39 is 0 Å². The Morgan fingerprint density at radius 1 is 1.72 bits per heavy atom. The van der Waals surface area contributed by atoms with Crippen molar-refractivity contribution in [1.82, 2.24) is 4.90 Å². The van der Waals surface area contributed by atoms with Crippen LogP contribution >= 0.6 is 27.3 Å². The van der Waals surface area contributed by atoms with Gasteiger partial charge >= 0.3 is 0 Å². The van der Waals surface area contributed by atoms with Crippen molar-refractivity contribution < 1.29 is 9.53 Å². The first-order valence-corrected chi connectivity index (χ1v) is 7.99. The van der Waals surface area contributed by atoms with Crippen LogP contribution in [-0.4, -0.2) is 35.3 Å². The zero-order valence-corrected chi connectivity index (χ0v) is 13.1. The Morgan fingerprint density at radius 2 is 2.50 bits per heavy atom. The quantitative estimate of drug-likeness (QED) is 0.790. The molecule has 1 fully saturated rings. The number of nitrogens with zero attached hydrogens (tertiary/aromatic N) is 1. The van der Waals surface area contributed by atoms with Crippen LogP contribution in [0.3, 0.4) is 0 Å². The fraction of sp³-hybridized carbons (Fsp3) is 0.615. The minimum atomic E-state index is 0.152. The Bertz CT molecular complexity index is 419. The normalized spacial score (nSPS) is 21.1. The topological polar surface area (TPSA) is 29.5 Å².